The van der Waals surface area contributed by atoms with Crippen LogP contribution in [0.3, 0.4) is 0 Å². The SMILES string of the molecule is c1cc2c(c(CNC3CCN4CCCC34)c1)NCC2. The molecule has 0 aliphatic carbocycles. The Hall–Kier alpha value is -1.06. The second kappa shape index (κ2) is 4.80. The summed E-state index contributed by atoms with van der Waals surface area (Å²) < 4.78 is 0. The van der Waals surface area contributed by atoms with Gasteiger partial charge in [-0.2, -0.15) is 0 Å². The van der Waals surface area contributed by atoms with E-state index in [9.17, 15) is 0 Å². The summed E-state index contributed by atoms with van der Waals surface area (Å²) in [4.78, 5) is 2.67. The summed E-state index contributed by atoms with van der Waals surface area (Å²) in [6.45, 7) is 4.75. The van der Waals surface area contributed by atoms with Gasteiger partial charge in [0.2, 0.25) is 0 Å². The molecule has 3 nitrogen and oxygen atoms in total. The molecular weight excluding hydrogens is 234 g/mol. The van der Waals surface area contributed by atoms with Crippen LogP contribution in [0.25, 0.3) is 0 Å². The van der Waals surface area contributed by atoms with Crippen LogP contribution in [-0.4, -0.2) is 36.6 Å². The van der Waals surface area contributed by atoms with Crippen molar-refractivity contribution in [2.75, 3.05) is 25.0 Å². The van der Waals surface area contributed by atoms with E-state index in [1.807, 2.05) is 0 Å². The van der Waals surface area contributed by atoms with Gasteiger partial charge in [-0.15, -0.1) is 0 Å². The molecule has 3 heteroatoms. The predicted molar refractivity (Wildman–Crippen MR) is 78.5 cm³/mol. The van der Waals surface area contributed by atoms with Gasteiger partial charge in [0.1, 0.15) is 0 Å². The molecule has 1 aromatic carbocycles. The topological polar surface area (TPSA) is 27.3 Å². The quantitative estimate of drug-likeness (QED) is 0.867. The highest BCUT2D eigenvalue weighted by atomic mass is 15.2. The Kier molecular flexibility index (Phi) is 2.97. The molecule has 19 heavy (non-hydrogen) atoms. The molecule has 3 aliphatic heterocycles. The monoisotopic (exact) mass is 257 g/mol. The number of anilines is 1. The number of benzene rings is 1. The average molecular weight is 257 g/mol. The molecule has 2 saturated heterocycles. The minimum Gasteiger partial charge on any atom is -0.384 e. The maximum atomic E-state index is 3.82. The molecule has 2 N–H and O–H groups in total. The summed E-state index contributed by atoms with van der Waals surface area (Å²) in [6, 6.07) is 8.25. The molecule has 2 unspecified atom stereocenters. The molecule has 0 aromatic heterocycles. The molecule has 1 aromatic rings. The zero-order valence-corrected chi connectivity index (χ0v) is 11.5. The van der Waals surface area contributed by atoms with E-state index in [0.29, 0.717) is 6.04 Å². The van der Waals surface area contributed by atoms with E-state index >= 15 is 0 Å². The maximum Gasteiger partial charge on any atom is 0.0419 e. The van der Waals surface area contributed by atoms with Crippen molar-refractivity contribution in [2.45, 2.75) is 44.3 Å². The van der Waals surface area contributed by atoms with E-state index in [2.05, 4.69) is 33.7 Å². The summed E-state index contributed by atoms with van der Waals surface area (Å²) in [5.74, 6) is 0. The van der Waals surface area contributed by atoms with Crippen LogP contribution in [-0.2, 0) is 13.0 Å². The Morgan fingerprint density at radius 3 is 3.26 bits per heavy atom. The number of fused-ring (bicyclic) bond motifs is 2. The van der Waals surface area contributed by atoms with Crippen LogP contribution in [0.15, 0.2) is 18.2 Å². The number of rotatable bonds is 3. The van der Waals surface area contributed by atoms with Crippen molar-refractivity contribution >= 4 is 5.69 Å². The van der Waals surface area contributed by atoms with E-state index in [4.69, 9.17) is 0 Å². The van der Waals surface area contributed by atoms with Crippen molar-refractivity contribution < 1.29 is 0 Å². The van der Waals surface area contributed by atoms with E-state index in [-0.39, 0.29) is 0 Å². The Balaban J connectivity index is 1.44. The maximum absolute atomic E-state index is 3.82. The fourth-order valence-electron chi connectivity index (χ4n) is 4.12. The van der Waals surface area contributed by atoms with Crippen LogP contribution in [0.4, 0.5) is 5.69 Å². The van der Waals surface area contributed by atoms with Crippen molar-refractivity contribution in [3.05, 3.63) is 29.3 Å². The van der Waals surface area contributed by atoms with Crippen molar-refractivity contribution in [2.24, 2.45) is 0 Å². The summed E-state index contributed by atoms with van der Waals surface area (Å²) in [6.07, 6.45) is 5.30. The Morgan fingerprint density at radius 2 is 2.26 bits per heavy atom. The molecule has 2 atom stereocenters. The third-order valence-electron chi connectivity index (χ3n) is 5.09. The van der Waals surface area contributed by atoms with E-state index in [1.54, 1.807) is 0 Å². The lowest BCUT2D eigenvalue weighted by Crippen LogP contribution is -2.38. The molecule has 102 valence electrons. The molecule has 4 rings (SSSR count). The molecule has 0 saturated carbocycles. The first-order valence-corrected chi connectivity index (χ1v) is 7.74. The Labute approximate surface area is 115 Å². The zero-order chi connectivity index (χ0) is 12.7. The van der Waals surface area contributed by atoms with E-state index in [1.165, 1.54) is 55.6 Å². The molecule has 0 radical (unpaired) electrons. The molecular formula is C16H23N3. The third kappa shape index (κ3) is 2.05. The van der Waals surface area contributed by atoms with Gasteiger partial charge in [0.15, 0.2) is 0 Å². The molecule has 0 amide bonds. The molecule has 3 aliphatic rings. The number of hydrogen-bond acceptors (Lipinski definition) is 3. The zero-order valence-electron chi connectivity index (χ0n) is 11.5. The molecule has 0 spiro atoms. The van der Waals surface area contributed by atoms with Gasteiger partial charge in [-0.3, -0.25) is 4.90 Å². The summed E-state index contributed by atoms with van der Waals surface area (Å²) in [5, 5.41) is 7.36. The molecule has 2 fully saturated rings. The normalized spacial score (nSPS) is 29.3. The van der Waals surface area contributed by atoms with Gasteiger partial charge < -0.3 is 10.6 Å². The minimum atomic E-state index is 0.708. The van der Waals surface area contributed by atoms with Gasteiger partial charge in [-0.05, 0) is 43.4 Å². The highest BCUT2D eigenvalue weighted by Crippen LogP contribution is 2.29. The molecule has 0 bridgehead atoms. The van der Waals surface area contributed by atoms with Gasteiger partial charge >= 0.3 is 0 Å². The number of nitrogens with zero attached hydrogens (tertiary/aromatic N) is 1. The van der Waals surface area contributed by atoms with Crippen molar-refractivity contribution in [3.8, 4) is 0 Å². The first-order chi connectivity index (χ1) is 9.42. The van der Waals surface area contributed by atoms with Gasteiger partial charge in [-0.25, -0.2) is 0 Å². The van der Waals surface area contributed by atoms with Crippen LogP contribution in [0.2, 0.25) is 0 Å². The first kappa shape index (κ1) is 11.7. The van der Waals surface area contributed by atoms with Crippen LogP contribution >= 0.6 is 0 Å². The van der Waals surface area contributed by atoms with Crippen molar-refractivity contribution in [1.29, 1.82) is 0 Å². The Bertz CT molecular complexity index is 471. The van der Waals surface area contributed by atoms with Crippen LogP contribution in [0.5, 0.6) is 0 Å². The van der Waals surface area contributed by atoms with Crippen LogP contribution in [0, 0.1) is 0 Å². The lowest BCUT2D eigenvalue weighted by Gasteiger charge is -2.22. The summed E-state index contributed by atoms with van der Waals surface area (Å²) in [7, 11) is 0. The first-order valence-electron chi connectivity index (χ1n) is 7.74. The fraction of sp³-hybridized carbons (Fsp3) is 0.625. The number of para-hydroxylation sites is 1. The predicted octanol–water partition coefficient (Wildman–Crippen LogP) is 1.98. The fourth-order valence-corrected chi connectivity index (χ4v) is 4.12. The van der Waals surface area contributed by atoms with Crippen LogP contribution < -0.4 is 10.6 Å². The lowest BCUT2D eigenvalue weighted by molar-refractivity contribution is 0.298. The van der Waals surface area contributed by atoms with Gasteiger partial charge in [0, 0.05) is 37.4 Å². The Morgan fingerprint density at radius 1 is 1.26 bits per heavy atom. The smallest absolute Gasteiger partial charge is 0.0419 e. The van der Waals surface area contributed by atoms with Gasteiger partial charge in [0.05, 0.1) is 0 Å². The van der Waals surface area contributed by atoms with E-state index < -0.39 is 0 Å². The van der Waals surface area contributed by atoms with E-state index in [0.717, 1.165) is 19.1 Å². The third-order valence-corrected chi connectivity index (χ3v) is 5.09. The highest BCUT2D eigenvalue weighted by molar-refractivity contribution is 5.61. The standard InChI is InChI=1S/C16H23N3/c1-3-12-6-8-17-16(12)13(4-1)11-18-14-7-10-19-9-2-5-15(14)19/h1,3-4,14-15,17-18H,2,5-11H2. The number of hydrogen-bond donors (Lipinski definition) is 2. The van der Waals surface area contributed by atoms with Gasteiger partial charge in [0.25, 0.3) is 0 Å². The lowest BCUT2D eigenvalue weighted by atomic mass is 10.0. The number of nitrogens with one attached hydrogen (secondary N) is 2. The largest absolute Gasteiger partial charge is 0.384 e. The second-order valence-electron chi connectivity index (χ2n) is 6.15. The summed E-state index contributed by atoms with van der Waals surface area (Å²) >= 11 is 0. The highest BCUT2D eigenvalue weighted by Gasteiger charge is 2.36. The van der Waals surface area contributed by atoms with Crippen molar-refractivity contribution in [3.63, 3.8) is 0 Å². The van der Waals surface area contributed by atoms with Crippen molar-refractivity contribution in [1.82, 2.24) is 10.2 Å². The molecule has 3 heterocycles. The summed E-state index contributed by atoms with van der Waals surface area (Å²) in [5.41, 5.74) is 4.34. The average Bonchev–Trinajstić information content (AvgIpc) is 3.13. The minimum absolute atomic E-state index is 0.708. The van der Waals surface area contributed by atoms with Crippen LogP contribution in [0.1, 0.15) is 30.4 Å². The second-order valence-corrected chi connectivity index (χ2v) is 6.15. The van der Waals surface area contributed by atoms with Gasteiger partial charge in [-0.1, -0.05) is 18.2 Å².